The molecule has 4 atom stereocenters. The molecule has 23 heteroatoms. The van der Waals surface area contributed by atoms with E-state index >= 15 is 0 Å². The molecule has 23 nitrogen and oxygen atoms in total. The van der Waals surface area contributed by atoms with E-state index in [0.717, 1.165) is 63.2 Å². The van der Waals surface area contributed by atoms with Crippen molar-refractivity contribution in [3.63, 3.8) is 0 Å². The van der Waals surface area contributed by atoms with Crippen LogP contribution in [0.25, 0.3) is 0 Å². The van der Waals surface area contributed by atoms with Gasteiger partial charge in [0.1, 0.15) is 0 Å². The maximum absolute atomic E-state index is 12.3. The van der Waals surface area contributed by atoms with Crippen LogP contribution in [0.5, 0.6) is 0 Å². The van der Waals surface area contributed by atoms with Gasteiger partial charge in [-0.15, -0.1) is 0 Å². The van der Waals surface area contributed by atoms with Crippen LogP contribution in [0.15, 0.2) is 140 Å². The van der Waals surface area contributed by atoms with E-state index in [1.807, 2.05) is 105 Å². The summed E-state index contributed by atoms with van der Waals surface area (Å²) in [5.41, 5.74) is 15.7. The summed E-state index contributed by atoms with van der Waals surface area (Å²) >= 11 is 0. The smallest absolute Gasteiger partial charge is 0.319 e. The van der Waals surface area contributed by atoms with E-state index in [1.165, 1.54) is 19.3 Å². The highest BCUT2D eigenvalue weighted by Gasteiger charge is 2.29. The van der Waals surface area contributed by atoms with Gasteiger partial charge in [-0.2, -0.15) is 0 Å². The van der Waals surface area contributed by atoms with E-state index in [-0.39, 0.29) is 65.0 Å². The Morgan fingerprint density at radius 1 is 0.446 bits per heavy atom. The first kappa shape index (κ1) is 74.8. The molecule has 0 bridgehead atoms. The van der Waals surface area contributed by atoms with Crippen LogP contribution in [0.1, 0.15) is 205 Å². The second-order valence-corrected chi connectivity index (χ2v) is 24.9. The van der Waals surface area contributed by atoms with Crippen molar-refractivity contribution in [2.24, 2.45) is 10.8 Å². The molecule has 0 aromatic heterocycles. The number of aryl methyl sites for hydroxylation is 3. The molecule has 0 saturated heterocycles. The van der Waals surface area contributed by atoms with Gasteiger partial charge < -0.3 is 37.2 Å². The first-order valence-corrected chi connectivity index (χ1v) is 30.3. The summed E-state index contributed by atoms with van der Waals surface area (Å²) in [7, 11) is 0. The largest absolute Gasteiger partial charge is 0.349 e. The number of carbonyl (C=O) groups excluding carboxylic acids is 8. The molecule has 0 spiro atoms. The molecule has 0 aliphatic heterocycles. The van der Waals surface area contributed by atoms with Gasteiger partial charge in [-0.05, 0) is 171 Å². The quantitative estimate of drug-likeness (QED) is 0.0318. The van der Waals surface area contributed by atoms with E-state index in [2.05, 4.69) is 58.0 Å². The third-order valence-corrected chi connectivity index (χ3v) is 14.6. The molecule has 7 rings (SSSR count). The van der Waals surface area contributed by atoms with Gasteiger partial charge >= 0.3 is 18.1 Å². The summed E-state index contributed by atoms with van der Waals surface area (Å²) < 4.78 is 0. The first-order valence-electron chi connectivity index (χ1n) is 30.3. The molecular formula is C69H91N11O12. The van der Waals surface area contributed by atoms with Crippen molar-refractivity contribution < 1.29 is 59.2 Å². The van der Waals surface area contributed by atoms with Gasteiger partial charge in [-0.1, -0.05) is 134 Å². The minimum atomic E-state index is -0.575. The molecule has 6 aromatic rings. The lowest BCUT2D eigenvalue weighted by Crippen LogP contribution is -2.43. The van der Waals surface area contributed by atoms with Crippen molar-refractivity contribution in [2.45, 2.75) is 152 Å². The lowest BCUT2D eigenvalue weighted by Gasteiger charge is -2.33. The Kier molecular flexibility index (Phi) is 29.5. The molecule has 15 N–H and O–H groups in total. The Labute approximate surface area is 538 Å². The van der Waals surface area contributed by atoms with Crippen LogP contribution in [-0.4, -0.2) is 74.5 Å². The second-order valence-electron chi connectivity index (χ2n) is 24.9. The van der Waals surface area contributed by atoms with Crippen molar-refractivity contribution in [1.29, 1.82) is 0 Å². The van der Waals surface area contributed by atoms with Gasteiger partial charge in [0.2, 0.25) is 5.91 Å². The van der Waals surface area contributed by atoms with E-state index in [9.17, 15) is 38.4 Å². The number of rotatable bonds is 16. The number of hydrogen-bond donors (Lipinski definition) is 15. The van der Waals surface area contributed by atoms with Crippen LogP contribution < -0.4 is 59.1 Å². The van der Waals surface area contributed by atoms with Crippen LogP contribution >= 0.6 is 0 Å². The maximum Gasteiger partial charge on any atom is 0.319 e. The number of nitrogens with one attached hydrogen (secondary N) is 11. The molecule has 11 amide bonds. The van der Waals surface area contributed by atoms with Gasteiger partial charge in [0.25, 0.3) is 23.6 Å². The Morgan fingerprint density at radius 3 is 1.16 bits per heavy atom. The molecule has 494 valence electrons. The molecule has 92 heavy (non-hydrogen) atoms. The lowest BCUT2D eigenvalue weighted by atomic mass is 9.81. The van der Waals surface area contributed by atoms with Crippen LogP contribution in [0.2, 0.25) is 0 Å². The highest BCUT2D eigenvalue weighted by molar-refractivity contribution is 5.95. The van der Waals surface area contributed by atoms with Crippen LogP contribution in [0, 0.1) is 31.6 Å². The fourth-order valence-corrected chi connectivity index (χ4v) is 9.75. The van der Waals surface area contributed by atoms with Gasteiger partial charge in [0.05, 0.1) is 24.2 Å². The molecule has 0 radical (unpaired) electrons. The first-order chi connectivity index (χ1) is 43.4. The normalized spacial score (nSPS) is 13.2. The highest BCUT2D eigenvalue weighted by atomic mass is 16.5. The number of hydrogen-bond acceptors (Lipinski definition) is 12. The summed E-state index contributed by atoms with van der Waals surface area (Å²) in [6.07, 6.45) is 6.15. The fourth-order valence-electron chi connectivity index (χ4n) is 9.75. The Bertz CT molecular complexity index is 3380. The van der Waals surface area contributed by atoms with E-state index in [4.69, 9.17) is 20.8 Å². The maximum atomic E-state index is 12.3. The minimum absolute atomic E-state index is 0.00889. The van der Waals surface area contributed by atoms with Crippen molar-refractivity contribution in [3.05, 3.63) is 201 Å². The molecule has 6 aromatic carbocycles. The topological polar surface area (TPSA) is 350 Å². The number of urea groups is 3. The average Bonchev–Trinajstić information content (AvgIpc) is 1.16. The number of hydroxylamine groups is 4. The van der Waals surface area contributed by atoms with Crippen molar-refractivity contribution in [2.75, 3.05) is 10.6 Å². The highest BCUT2D eigenvalue weighted by Crippen LogP contribution is 2.34. The molecule has 1 aliphatic rings. The molecule has 0 heterocycles. The molecular weight excluding hydrogens is 1170 g/mol. The Hall–Kier alpha value is -9.68. The summed E-state index contributed by atoms with van der Waals surface area (Å²) in [5.74, 6) is -2.25. The van der Waals surface area contributed by atoms with Crippen LogP contribution in [0.4, 0.5) is 25.8 Å². The second kappa shape index (κ2) is 36.2. The number of para-hydroxylation sites is 1. The summed E-state index contributed by atoms with van der Waals surface area (Å²) in [6, 6.07) is 38.9. The number of carbonyl (C=O) groups is 8. The lowest BCUT2D eigenvalue weighted by molar-refractivity contribution is -0.124. The summed E-state index contributed by atoms with van der Waals surface area (Å²) in [4.78, 5) is 93.7. The van der Waals surface area contributed by atoms with Crippen LogP contribution in [-0.2, 0) is 4.79 Å². The fraction of sp³-hybridized carbons (Fsp3) is 0.362. The molecule has 1 aliphatic carbocycles. The Morgan fingerprint density at radius 2 is 0.804 bits per heavy atom. The molecule has 4 unspecified atom stereocenters. The Balaban J connectivity index is 0.000000262. The third kappa shape index (κ3) is 25.7. The molecule has 1 fully saturated rings. The number of amides is 11. The summed E-state index contributed by atoms with van der Waals surface area (Å²) in [6.45, 7) is 23.7. The summed E-state index contributed by atoms with van der Waals surface area (Å²) in [5, 5.41) is 54.7. The standard InChI is InChI=1S/C18H21N3O3.C18H28N2O3.C17H19N3O3.C16H23N3O3/c1-11-8-12(2)10-16(9-11)20-18(23)19-13(3)14-4-6-15(7-5-14)17(22)21-24;1-17(2,3)11-14(21)19-15(18(4,5)6)12-7-9-13(10-8-12)16(22)20-23;1-11-5-3-4-6-15(11)19-17(22)18-12(2)13-7-9-14(10-8-13)16(21)20-23;1-11(12-7-9-13(10-8-12)15(20)19-22)17-16(21)18-14-5-3-2-4-6-14/h4-10,13,24H,1-3H3,(H,21,22)(H2,19,20,23);7-10,15,23H,11H2,1-6H3,(H,19,21)(H,20,22);3-10,12,23H,1-2H3,(H,20,21)(H2,18,19,22);7-11,14,22H,2-6H2,1H3,(H,19,20)(H2,17,18,21). The zero-order valence-electron chi connectivity index (χ0n) is 54.5. The van der Waals surface area contributed by atoms with E-state index in [1.54, 1.807) is 119 Å². The monoisotopic (exact) mass is 1270 g/mol. The van der Waals surface area contributed by atoms with Crippen LogP contribution in [0.3, 0.4) is 0 Å². The van der Waals surface area contributed by atoms with Gasteiger partial charge in [0, 0.05) is 46.1 Å². The van der Waals surface area contributed by atoms with Gasteiger partial charge in [-0.25, -0.2) is 36.3 Å². The predicted octanol–water partition coefficient (Wildman–Crippen LogP) is 12.2. The SMILES string of the molecule is CC(C)(C)CC(=O)NC(c1ccc(C(=O)NO)cc1)C(C)(C)C.CC(NC(=O)NC1CCCCC1)c1ccc(C(=O)NO)cc1.Cc1cc(C)cc(NC(=O)NC(C)c2ccc(C(=O)NO)cc2)c1.Cc1ccccc1NC(=O)NC(C)c1ccc(C(=O)NO)cc1. The van der Waals surface area contributed by atoms with Crippen molar-refractivity contribution in [1.82, 2.24) is 48.5 Å². The van der Waals surface area contributed by atoms with Gasteiger partial charge in [-0.3, -0.25) is 44.8 Å². The zero-order chi connectivity index (χ0) is 68.3. The zero-order valence-corrected chi connectivity index (χ0v) is 54.5. The molecule has 1 saturated carbocycles. The predicted molar refractivity (Wildman–Crippen MR) is 352 cm³/mol. The van der Waals surface area contributed by atoms with Gasteiger partial charge in [0.15, 0.2) is 0 Å². The van der Waals surface area contributed by atoms with Crippen molar-refractivity contribution in [3.8, 4) is 0 Å². The number of benzene rings is 6. The third-order valence-electron chi connectivity index (χ3n) is 14.6. The number of anilines is 2. The van der Waals surface area contributed by atoms with E-state index < -0.39 is 23.6 Å². The van der Waals surface area contributed by atoms with Crippen molar-refractivity contribution >= 4 is 59.0 Å². The minimum Gasteiger partial charge on any atom is -0.349 e. The average molecular weight is 1270 g/mol. The van der Waals surface area contributed by atoms with E-state index in [0.29, 0.717) is 28.7 Å².